The van der Waals surface area contributed by atoms with Gasteiger partial charge >= 0.3 is 68.5 Å². The number of hydrogen-bond donors (Lipinski definition) is 4. The van der Waals surface area contributed by atoms with Crippen molar-refractivity contribution >= 4 is 32.5 Å². The van der Waals surface area contributed by atoms with Crippen LogP contribution in [0, 0.1) is 0 Å². The fourth-order valence-electron chi connectivity index (χ4n) is 0.684. The molecule has 0 unspecified atom stereocenters. The molecule has 0 bridgehead atoms. The van der Waals surface area contributed by atoms with Crippen LogP contribution in [0.5, 0.6) is 5.75 Å². The van der Waals surface area contributed by atoms with E-state index < -0.39 is 7.66 Å². The standard InChI is InChI=1S/C6H10NO4P.2ClH/c7-12(8,9,10)11-6-4-2-1-3-5-6;;/h1-5,8-10H,7H2;2*1H. The van der Waals surface area contributed by atoms with Crippen molar-refractivity contribution in [2.24, 2.45) is 5.50 Å². The zero-order chi connectivity index (χ0) is 9.27. The number of halogens is 2. The third-order valence-electron chi connectivity index (χ3n) is 1.02. The number of benzene rings is 1. The van der Waals surface area contributed by atoms with Crippen LogP contribution in [-0.4, -0.2) is 14.7 Å². The molecular weight excluding hydrogens is 252 g/mol. The predicted molar refractivity (Wildman–Crippen MR) is 59.3 cm³/mol. The molecule has 0 aromatic heterocycles. The van der Waals surface area contributed by atoms with Gasteiger partial charge < -0.3 is 0 Å². The van der Waals surface area contributed by atoms with Crippen LogP contribution in [0.15, 0.2) is 30.3 Å². The predicted octanol–water partition coefficient (Wildman–Crippen LogP) is 0.973. The van der Waals surface area contributed by atoms with Gasteiger partial charge in [0.05, 0.1) is 0 Å². The van der Waals surface area contributed by atoms with Crippen molar-refractivity contribution in [2.75, 3.05) is 0 Å². The SMILES string of the molecule is Cl.Cl.NP(O)(O)(O)Oc1ccccc1. The van der Waals surface area contributed by atoms with Gasteiger partial charge in [-0.05, 0) is 0 Å². The van der Waals surface area contributed by atoms with Gasteiger partial charge in [0.25, 0.3) is 0 Å². The Bertz CT molecular complexity index is 267. The first-order chi connectivity index (χ1) is 5.33. The van der Waals surface area contributed by atoms with Crippen LogP contribution >= 0.6 is 32.5 Å². The molecule has 0 spiro atoms. The van der Waals surface area contributed by atoms with Crippen molar-refractivity contribution in [3.05, 3.63) is 30.3 Å². The first-order valence-electron chi connectivity index (χ1n) is 3.16. The van der Waals surface area contributed by atoms with Crippen molar-refractivity contribution in [1.29, 1.82) is 0 Å². The van der Waals surface area contributed by atoms with Gasteiger partial charge in [0, 0.05) is 0 Å². The molecule has 5 nitrogen and oxygen atoms in total. The molecule has 0 aliphatic carbocycles. The summed E-state index contributed by atoms with van der Waals surface area (Å²) in [4.78, 5) is 26.2. The molecule has 0 radical (unpaired) electrons. The first kappa shape index (κ1) is 16.3. The summed E-state index contributed by atoms with van der Waals surface area (Å²) in [7, 11) is -5.35. The van der Waals surface area contributed by atoms with E-state index in [0.717, 1.165) is 0 Å². The molecule has 1 aromatic rings. The third kappa shape index (κ3) is 7.29. The van der Waals surface area contributed by atoms with Gasteiger partial charge in [-0.15, -0.1) is 24.8 Å². The molecule has 0 fully saturated rings. The van der Waals surface area contributed by atoms with Crippen LogP contribution in [-0.2, 0) is 0 Å². The van der Waals surface area contributed by atoms with Crippen molar-refractivity contribution in [2.45, 2.75) is 0 Å². The third-order valence-corrected chi connectivity index (χ3v) is 1.58. The summed E-state index contributed by atoms with van der Waals surface area (Å²) in [5.41, 5.74) is 4.69. The molecule has 0 aliphatic heterocycles. The molecule has 0 amide bonds. The van der Waals surface area contributed by atoms with Crippen LogP contribution in [0.2, 0.25) is 0 Å². The Morgan fingerprint density at radius 2 is 1.43 bits per heavy atom. The van der Waals surface area contributed by atoms with Crippen molar-refractivity contribution in [3.63, 3.8) is 0 Å². The van der Waals surface area contributed by atoms with Gasteiger partial charge in [0.2, 0.25) is 0 Å². The van der Waals surface area contributed by atoms with Gasteiger partial charge in [-0.2, -0.15) is 0 Å². The van der Waals surface area contributed by atoms with Crippen LogP contribution in [0.25, 0.3) is 0 Å². The molecule has 1 aromatic carbocycles. The number of hydrogen-bond acceptors (Lipinski definition) is 5. The topological polar surface area (TPSA) is 95.9 Å². The second-order valence-electron chi connectivity index (χ2n) is 2.37. The quantitative estimate of drug-likeness (QED) is 0.597. The number of rotatable bonds is 2. The van der Waals surface area contributed by atoms with E-state index in [2.05, 4.69) is 10.0 Å². The second kappa shape index (κ2) is 5.09. The molecule has 0 saturated carbocycles. The minimum atomic E-state index is -5.35. The van der Waals surface area contributed by atoms with Crippen LogP contribution in [0.1, 0.15) is 0 Å². The van der Waals surface area contributed by atoms with Crippen LogP contribution in [0.4, 0.5) is 0 Å². The van der Waals surface area contributed by atoms with Gasteiger partial charge in [-0.3, -0.25) is 0 Å². The molecule has 5 N–H and O–H groups in total. The van der Waals surface area contributed by atoms with E-state index in [1.54, 1.807) is 18.2 Å². The number of nitrogens with two attached hydrogens (primary N) is 1. The molecule has 0 atom stereocenters. The van der Waals surface area contributed by atoms with Gasteiger partial charge in [0.15, 0.2) is 0 Å². The van der Waals surface area contributed by atoms with E-state index >= 15 is 0 Å². The van der Waals surface area contributed by atoms with E-state index in [0.29, 0.717) is 0 Å². The molecular formula is C6H12Cl2NO4P. The van der Waals surface area contributed by atoms with Crippen molar-refractivity contribution < 1.29 is 19.2 Å². The molecule has 8 heteroatoms. The molecule has 0 saturated heterocycles. The zero-order valence-electron chi connectivity index (χ0n) is 6.98. The summed E-state index contributed by atoms with van der Waals surface area (Å²) in [5.74, 6) is 0.102. The first-order valence-corrected chi connectivity index (χ1v) is 5.24. The molecule has 0 heterocycles. The van der Waals surface area contributed by atoms with E-state index in [-0.39, 0.29) is 30.6 Å². The Balaban J connectivity index is 0. The van der Waals surface area contributed by atoms with E-state index in [9.17, 15) is 0 Å². The van der Waals surface area contributed by atoms with Crippen LogP contribution < -0.4 is 10.0 Å². The summed E-state index contributed by atoms with van der Waals surface area (Å²) in [6.07, 6.45) is 0. The summed E-state index contributed by atoms with van der Waals surface area (Å²) in [6, 6.07) is 7.81. The Kier molecular flexibility index (Phi) is 5.93. The fourth-order valence-corrected chi connectivity index (χ4v) is 1.21. The second-order valence-corrected chi connectivity index (χ2v) is 4.48. The summed E-state index contributed by atoms with van der Waals surface area (Å²) >= 11 is 0. The van der Waals surface area contributed by atoms with E-state index in [4.69, 9.17) is 14.7 Å². The van der Waals surface area contributed by atoms with E-state index in [1.165, 1.54) is 12.1 Å². The molecule has 0 aliphatic rings. The summed E-state index contributed by atoms with van der Waals surface area (Å²) < 4.78 is 4.36. The van der Waals surface area contributed by atoms with Crippen molar-refractivity contribution in [1.82, 2.24) is 0 Å². The zero-order valence-corrected chi connectivity index (χ0v) is 9.51. The molecule has 1 rings (SSSR count). The number of para-hydroxylation sites is 1. The molecule has 84 valence electrons. The van der Waals surface area contributed by atoms with Gasteiger partial charge in [-0.25, -0.2) is 0 Å². The maximum absolute atomic E-state index is 8.73. The minimum absolute atomic E-state index is 0. The summed E-state index contributed by atoms with van der Waals surface area (Å²) in [6.45, 7) is 0. The Labute approximate surface area is 93.6 Å². The maximum atomic E-state index is 8.73. The Hall–Kier alpha value is -0.130. The van der Waals surface area contributed by atoms with E-state index in [1.807, 2.05) is 0 Å². The fraction of sp³-hybridized carbons (Fsp3) is 0. The average Bonchev–Trinajstić information content (AvgIpc) is 1.83. The van der Waals surface area contributed by atoms with Crippen LogP contribution in [0.3, 0.4) is 0 Å². The van der Waals surface area contributed by atoms with Gasteiger partial charge in [0.1, 0.15) is 0 Å². The Morgan fingerprint density at radius 1 is 1.00 bits per heavy atom. The molecule has 14 heavy (non-hydrogen) atoms. The average molecular weight is 264 g/mol. The van der Waals surface area contributed by atoms with Crippen molar-refractivity contribution in [3.8, 4) is 5.75 Å². The normalized spacial score (nSPS) is 12.7. The Morgan fingerprint density at radius 3 is 1.79 bits per heavy atom. The summed E-state index contributed by atoms with van der Waals surface area (Å²) in [5, 5.41) is 0. The van der Waals surface area contributed by atoms with Gasteiger partial charge in [-0.1, -0.05) is 0 Å². The monoisotopic (exact) mass is 263 g/mol.